The number of alkyl halides is 2. The van der Waals surface area contributed by atoms with E-state index in [-0.39, 0.29) is 5.75 Å². The quantitative estimate of drug-likeness (QED) is 0.830. The normalized spacial score (nSPS) is 10.8. The van der Waals surface area contributed by atoms with Crippen molar-refractivity contribution in [3.63, 3.8) is 0 Å². The Balaban J connectivity index is 1.92. The minimum atomic E-state index is -2.81. The second-order valence-electron chi connectivity index (χ2n) is 3.67. The number of aromatic amines is 1. The summed E-state index contributed by atoms with van der Waals surface area (Å²) < 4.78 is 28.8. The van der Waals surface area contributed by atoms with Gasteiger partial charge in [0, 0.05) is 30.5 Å². The van der Waals surface area contributed by atoms with Crippen molar-refractivity contribution in [1.29, 1.82) is 0 Å². The van der Waals surface area contributed by atoms with E-state index in [9.17, 15) is 8.78 Å². The lowest BCUT2D eigenvalue weighted by molar-refractivity contribution is -0.0505. The van der Waals surface area contributed by atoms with Crippen molar-refractivity contribution < 1.29 is 13.5 Å². The molecule has 18 heavy (non-hydrogen) atoms. The van der Waals surface area contributed by atoms with E-state index in [0.717, 1.165) is 5.69 Å². The molecule has 0 bridgehead atoms. The number of benzene rings is 1. The molecule has 1 aromatic heterocycles. The summed E-state index contributed by atoms with van der Waals surface area (Å²) in [6.07, 6.45) is 3.29. The second kappa shape index (κ2) is 6.11. The summed E-state index contributed by atoms with van der Waals surface area (Å²) in [5.41, 5.74) is 1.62. The van der Waals surface area contributed by atoms with Gasteiger partial charge in [-0.2, -0.15) is 8.78 Å². The first-order valence-electron chi connectivity index (χ1n) is 5.46. The highest BCUT2D eigenvalue weighted by atomic mass is 19.3. The molecule has 0 unspecified atom stereocenters. The fraction of sp³-hybridized carbons (Fsp3) is 0.250. The van der Waals surface area contributed by atoms with Gasteiger partial charge in [0.25, 0.3) is 0 Å². The average Bonchev–Trinajstić information content (AvgIpc) is 2.84. The van der Waals surface area contributed by atoms with E-state index in [1.54, 1.807) is 30.7 Å². The van der Waals surface area contributed by atoms with E-state index in [4.69, 9.17) is 0 Å². The molecule has 2 rings (SSSR count). The smallest absolute Gasteiger partial charge is 0.387 e. The highest BCUT2D eigenvalue weighted by Gasteiger charge is 2.08. The van der Waals surface area contributed by atoms with Crippen LogP contribution >= 0.6 is 0 Å². The second-order valence-corrected chi connectivity index (χ2v) is 3.67. The number of nitrogens with one attached hydrogen (secondary N) is 2. The van der Waals surface area contributed by atoms with Crippen molar-refractivity contribution >= 4 is 0 Å². The van der Waals surface area contributed by atoms with E-state index in [2.05, 4.69) is 20.0 Å². The molecule has 2 aromatic rings. The van der Waals surface area contributed by atoms with Gasteiger partial charge in [-0.15, -0.1) is 0 Å². The van der Waals surface area contributed by atoms with Gasteiger partial charge in [-0.05, 0) is 6.07 Å². The Hall–Kier alpha value is -1.95. The number of H-pyrrole nitrogens is 1. The molecule has 4 nitrogen and oxygen atoms in total. The minimum absolute atomic E-state index is 0.199. The summed E-state index contributed by atoms with van der Waals surface area (Å²) >= 11 is 0. The van der Waals surface area contributed by atoms with E-state index >= 15 is 0 Å². The van der Waals surface area contributed by atoms with Crippen molar-refractivity contribution in [3.05, 3.63) is 48.0 Å². The van der Waals surface area contributed by atoms with Crippen LogP contribution in [0.15, 0.2) is 36.8 Å². The maximum atomic E-state index is 12.2. The highest BCUT2D eigenvalue weighted by Crippen LogP contribution is 2.19. The molecule has 0 atom stereocenters. The van der Waals surface area contributed by atoms with E-state index in [1.165, 1.54) is 6.07 Å². The summed E-state index contributed by atoms with van der Waals surface area (Å²) in [6, 6.07) is 6.72. The molecule has 0 aliphatic carbocycles. The molecule has 0 amide bonds. The third-order valence-corrected chi connectivity index (χ3v) is 2.37. The van der Waals surface area contributed by atoms with Gasteiger partial charge in [0.2, 0.25) is 0 Å². The standard InChI is InChI=1S/C12H13F2N3O/c13-12(14)18-11-4-2-1-3-9(11)5-15-6-10-7-16-8-17-10/h1-4,7-8,12,15H,5-6H2,(H,16,17). The number of imidazole rings is 1. The third kappa shape index (κ3) is 3.53. The lowest BCUT2D eigenvalue weighted by Gasteiger charge is -2.10. The molecule has 1 aromatic carbocycles. The molecular weight excluding hydrogens is 240 g/mol. The molecule has 96 valence electrons. The molecule has 0 saturated heterocycles. The zero-order chi connectivity index (χ0) is 12.8. The van der Waals surface area contributed by atoms with E-state index < -0.39 is 6.61 Å². The van der Waals surface area contributed by atoms with Gasteiger partial charge in [-0.1, -0.05) is 18.2 Å². The first kappa shape index (κ1) is 12.5. The van der Waals surface area contributed by atoms with Gasteiger partial charge in [-0.3, -0.25) is 0 Å². The average molecular weight is 253 g/mol. The predicted molar refractivity (Wildman–Crippen MR) is 62.2 cm³/mol. The molecule has 1 heterocycles. The van der Waals surface area contributed by atoms with Crippen LogP contribution in [0.1, 0.15) is 11.3 Å². The Labute approximate surface area is 103 Å². The maximum absolute atomic E-state index is 12.2. The lowest BCUT2D eigenvalue weighted by atomic mass is 10.2. The molecule has 0 spiro atoms. The highest BCUT2D eigenvalue weighted by molar-refractivity contribution is 5.33. The zero-order valence-electron chi connectivity index (χ0n) is 9.57. The van der Waals surface area contributed by atoms with Gasteiger partial charge in [-0.25, -0.2) is 4.98 Å². The fourth-order valence-electron chi connectivity index (χ4n) is 1.57. The summed E-state index contributed by atoms with van der Waals surface area (Å²) in [4.78, 5) is 6.83. The molecule has 0 aliphatic heterocycles. The Morgan fingerprint density at radius 3 is 2.83 bits per heavy atom. The number of aromatic nitrogens is 2. The molecule has 0 radical (unpaired) electrons. The number of rotatable bonds is 6. The van der Waals surface area contributed by atoms with E-state index in [0.29, 0.717) is 18.7 Å². The number of ether oxygens (including phenoxy) is 1. The number of hydrogen-bond acceptors (Lipinski definition) is 3. The SMILES string of the molecule is FC(F)Oc1ccccc1CNCc1cnc[nH]1. The number of nitrogens with zero attached hydrogens (tertiary/aromatic N) is 1. The van der Waals surface area contributed by atoms with Gasteiger partial charge < -0.3 is 15.0 Å². The Kier molecular flexibility index (Phi) is 4.25. The molecular formula is C12H13F2N3O. The van der Waals surface area contributed by atoms with Crippen molar-refractivity contribution in [2.24, 2.45) is 0 Å². The minimum Gasteiger partial charge on any atom is -0.434 e. The summed E-state index contributed by atoms with van der Waals surface area (Å²) in [5, 5.41) is 3.12. The Morgan fingerprint density at radius 1 is 1.28 bits per heavy atom. The largest absolute Gasteiger partial charge is 0.434 e. The molecule has 0 saturated carbocycles. The number of para-hydroxylation sites is 1. The van der Waals surface area contributed by atoms with Crippen molar-refractivity contribution in [1.82, 2.24) is 15.3 Å². The van der Waals surface area contributed by atoms with Crippen molar-refractivity contribution in [2.75, 3.05) is 0 Å². The Bertz CT molecular complexity index is 474. The van der Waals surface area contributed by atoms with E-state index in [1.807, 2.05) is 0 Å². The number of halogens is 2. The van der Waals surface area contributed by atoms with Crippen LogP contribution in [0, 0.1) is 0 Å². The fourth-order valence-corrected chi connectivity index (χ4v) is 1.57. The monoisotopic (exact) mass is 253 g/mol. The van der Waals surface area contributed by atoms with Crippen molar-refractivity contribution in [3.8, 4) is 5.75 Å². The molecule has 6 heteroatoms. The topological polar surface area (TPSA) is 49.9 Å². The van der Waals surface area contributed by atoms with Crippen LogP contribution in [0.5, 0.6) is 5.75 Å². The van der Waals surface area contributed by atoms with Crippen LogP contribution < -0.4 is 10.1 Å². The first-order chi connectivity index (χ1) is 8.75. The van der Waals surface area contributed by atoms with Gasteiger partial charge in [0.15, 0.2) is 0 Å². The lowest BCUT2D eigenvalue weighted by Crippen LogP contribution is -2.14. The predicted octanol–water partition coefficient (Wildman–Crippen LogP) is 2.30. The van der Waals surface area contributed by atoms with Crippen LogP contribution in [0.4, 0.5) is 8.78 Å². The van der Waals surface area contributed by atoms with Crippen LogP contribution in [0.3, 0.4) is 0 Å². The third-order valence-electron chi connectivity index (χ3n) is 2.37. The zero-order valence-corrected chi connectivity index (χ0v) is 9.57. The van der Waals surface area contributed by atoms with Crippen LogP contribution in [-0.2, 0) is 13.1 Å². The Morgan fingerprint density at radius 2 is 2.11 bits per heavy atom. The van der Waals surface area contributed by atoms with Gasteiger partial charge >= 0.3 is 6.61 Å². The van der Waals surface area contributed by atoms with Crippen LogP contribution in [0.25, 0.3) is 0 Å². The molecule has 0 fully saturated rings. The van der Waals surface area contributed by atoms with Crippen molar-refractivity contribution in [2.45, 2.75) is 19.7 Å². The summed E-state index contributed by atoms with van der Waals surface area (Å²) in [5.74, 6) is 0.199. The number of hydrogen-bond donors (Lipinski definition) is 2. The summed E-state index contributed by atoms with van der Waals surface area (Å²) in [6.45, 7) is -1.77. The maximum Gasteiger partial charge on any atom is 0.387 e. The van der Waals surface area contributed by atoms with Gasteiger partial charge in [0.05, 0.1) is 6.33 Å². The summed E-state index contributed by atoms with van der Waals surface area (Å²) in [7, 11) is 0. The molecule has 2 N–H and O–H groups in total. The van der Waals surface area contributed by atoms with Gasteiger partial charge in [0.1, 0.15) is 5.75 Å². The van der Waals surface area contributed by atoms with Crippen LogP contribution in [-0.4, -0.2) is 16.6 Å². The van der Waals surface area contributed by atoms with Crippen LogP contribution in [0.2, 0.25) is 0 Å². The first-order valence-corrected chi connectivity index (χ1v) is 5.46. The molecule has 0 aliphatic rings.